The highest BCUT2D eigenvalue weighted by molar-refractivity contribution is 5.37. The number of imidazole rings is 1. The van der Waals surface area contributed by atoms with Crippen molar-refractivity contribution in [3.05, 3.63) is 48.0 Å². The zero-order valence-corrected chi connectivity index (χ0v) is 12.2. The van der Waals surface area contributed by atoms with Crippen molar-refractivity contribution in [3.63, 3.8) is 0 Å². The molecule has 0 amide bonds. The van der Waals surface area contributed by atoms with Crippen LogP contribution in [0.4, 0.5) is 13.2 Å². The lowest BCUT2D eigenvalue weighted by Gasteiger charge is -2.21. The van der Waals surface area contributed by atoms with Gasteiger partial charge in [0, 0.05) is 24.0 Å². The minimum absolute atomic E-state index is 0.0464. The number of rotatable bonds is 3. The van der Waals surface area contributed by atoms with Gasteiger partial charge in [-0.25, -0.2) is 4.98 Å². The number of hydrogen-bond donors (Lipinski definition) is 1. The summed E-state index contributed by atoms with van der Waals surface area (Å²) in [6.07, 6.45) is -1.01. The van der Waals surface area contributed by atoms with Crippen molar-refractivity contribution < 1.29 is 13.2 Å². The highest BCUT2D eigenvalue weighted by Crippen LogP contribution is 2.29. The van der Waals surface area contributed by atoms with Crippen LogP contribution in [0.3, 0.4) is 0 Å². The van der Waals surface area contributed by atoms with Crippen LogP contribution in [-0.4, -0.2) is 15.1 Å². The Hall–Kier alpha value is -1.82. The molecule has 0 saturated heterocycles. The molecule has 2 aromatic rings. The quantitative estimate of drug-likeness (QED) is 0.934. The first-order chi connectivity index (χ1) is 9.67. The first-order valence-corrected chi connectivity index (χ1v) is 6.61. The predicted octanol–water partition coefficient (Wildman–Crippen LogP) is 3.78. The minimum atomic E-state index is -4.32. The topological polar surface area (TPSA) is 29.9 Å². The maximum absolute atomic E-state index is 12.6. The van der Waals surface area contributed by atoms with Gasteiger partial charge in [0.25, 0.3) is 0 Å². The predicted molar refractivity (Wildman–Crippen MR) is 75.2 cm³/mol. The van der Waals surface area contributed by atoms with E-state index in [9.17, 15) is 13.2 Å². The fourth-order valence-corrected chi connectivity index (χ4v) is 1.85. The smallest absolute Gasteiger partial charge is 0.306 e. The van der Waals surface area contributed by atoms with Crippen molar-refractivity contribution in [1.82, 2.24) is 14.9 Å². The van der Waals surface area contributed by atoms with E-state index < -0.39 is 11.7 Å². The molecule has 1 heterocycles. The summed E-state index contributed by atoms with van der Waals surface area (Å²) in [5.41, 5.74) is 0.853. The molecule has 1 aromatic heterocycles. The summed E-state index contributed by atoms with van der Waals surface area (Å²) in [6.45, 7) is 6.73. The number of halogens is 3. The lowest BCUT2D eigenvalue weighted by Crippen LogP contribution is -2.35. The number of alkyl halides is 3. The summed E-state index contributed by atoms with van der Waals surface area (Å²) >= 11 is 0. The van der Waals surface area contributed by atoms with Crippen molar-refractivity contribution in [3.8, 4) is 5.69 Å². The lowest BCUT2D eigenvalue weighted by molar-refractivity contribution is -0.137. The second kappa shape index (κ2) is 5.52. The molecule has 0 unspecified atom stereocenters. The lowest BCUT2D eigenvalue weighted by atomic mass is 10.1. The third-order valence-corrected chi connectivity index (χ3v) is 2.99. The summed E-state index contributed by atoms with van der Waals surface area (Å²) in [5.74, 6) is 0. The molecule has 0 fully saturated rings. The molecular weight excluding hydrogens is 279 g/mol. The molecule has 1 aromatic carbocycles. The normalized spacial score (nSPS) is 12.7. The van der Waals surface area contributed by atoms with E-state index in [0.717, 1.165) is 17.8 Å². The Morgan fingerprint density at radius 2 is 1.71 bits per heavy atom. The summed E-state index contributed by atoms with van der Waals surface area (Å²) in [6, 6.07) is 5.06. The van der Waals surface area contributed by atoms with Crippen LogP contribution in [0.15, 0.2) is 36.8 Å². The Morgan fingerprint density at radius 1 is 1.10 bits per heavy atom. The van der Waals surface area contributed by atoms with Crippen LogP contribution in [0.1, 0.15) is 32.0 Å². The largest absolute Gasteiger partial charge is 0.416 e. The van der Waals surface area contributed by atoms with Crippen molar-refractivity contribution in [2.45, 2.75) is 39.0 Å². The van der Waals surface area contributed by atoms with Gasteiger partial charge in [-0.1, -0.05) is 0 Å². The van der Waals surface area contributed by atoms with Gasteiger partial charge in [0.05, 0.1) is 17.6 Å². The fraction of sp³-hybridized carbons (Fsp3) is 0.400. The number of nitrogens with one attached hydrogen (secondary N) is 1. The van der Waals surface area contributed by atoms with E-state index in [-0.39, 0.29) is 5.54 Å². The molecule has 1 N–H and O–H groups in total. The molecule has 2 rings (SSSR count). The van der Waals surface area contributed by atoms with Crippen molar-refractivity contribution in [2.75, 3.05) is 0 Å². The fourth-order valence-electron chi connectivity index (χ4n) is 1.85. The van der Waals surface area contributed by atoms with Crippen LogP contribution in [0.2, 0.25) is 0 Å². The molecule has 0 radical (unpaired) electrons. The number of benzene rings is 1. The van der Waals surface area contributed by atoms with E-state index >= 15 is 0 Å². The zero-order chi connectivity index (χ0) is 15.7. The molecule has 0 aliphatic heterocycles. The Morgan fingerprint density at radius 3 is 2.24 bits per heavy atom. The molecule has 3 nitrogen and oxygen atoms in total. The van der Waals surface area contributed by atoms with Crippen molar-refractivity contribution in [1.29, 1.82) is 0 Å². The molecular formula is C15H18F3N3. The Labute approximate surface area is 121 Å². The van der Waals surface area contributed by atoms with Crippen LogP contribution in [0.5, 0.6) is 0 Å². The van der Waals surface area contributed by atoms with Gasteiger partial charge >= 0.3 is 6.18 Å². The number of aromatic nitrogens is 2. The minimum Gasteiger partial charge on any atom is -0.306 e. The average molecular weight is 297 g/mol. The second-order valence-electron chi connectivity index (χ2n) is 5.90. The van der Waals surface area contributed by atoms with Gasteiger partial charge in [-0.15, -0.1) is 0 Å². The third-order valence-electron chi connectivity index (χ3n) is 2.99. The summed E-state index contributed by atoms with van der Waals surface area (Å²) in [7, 11) is 0. The molecule has 0 spiro atoms. The first-order valence-electron chi connectivity index (χ1n) is 6.61. The molecule has 0 bridgehead atoms. The van der Waals surface area contributed by atoms with Gasteiger partial charge in [0.2, 0.25) is 0 Å². The van der Waals surface area contributed by atoms with Crippen molar-refractivity contribution in [2.24, 2.45) is 0 Å². The van der Waals surface area contributed by atoms with Gasteiger partial charge in [-0.2, -0.15) is 13.2 Å². The Kier molecular flexibility index (Phi) is 4.09. The van der Waals surface area contributed by atoms with Gasteiger partial charge < -0.3 is 9.88 Å². The molecule has 21 heavy (non-hydrogen) atoms. The summed E-state index contributed by atoms with van der Waals surface area (Å²) in [4.78, 5) is 4.07. The van der Waals surface area contributed by atoms with Crippen molar-refractivity contribution >= 4 is 0 Å². The van der Waals surface area contributed by atoms with Gasteiger partial charge in [-0.05, 0) is 45.0 Å². The van der Waals surface area contributed by atoms with E-state index in [1.165, 1.54) is 12.1 Å². The highest BCUT2D eigenvalue weighted by Gasteiger charge is 2.30. The molecule has 114 valence electrons. The molecule has 0 saturated carbocycles. The highest BCUT2D eigenvalue weighted by atomic mass is 19.4. The van der Waals surface area contributed by atoms with Crippen LogP contribution in [-0.2, 0) is 12.7 Å². The molecule has 0 aliphatic carbocycles. The zero-order valence-electron chi connectivity index (χ0n) is 12.2. The first kappa shape index (κ1) is 15.6. The average Bonchev–Trinajstić information content (AvgIpc) is 2.83. The van der Waals surface area contributed by atoms with Crippen LogP contribution < -0.4 is 5.32 Å². The summed E-state index contributed by atoms with van der Waals surface area (Å²) < 4.78 is 39.5. The molecule has 6 heteroatoms. The van der Waals surface area contributed by atoms with Gasteiger partial charge in [-0.3, -0.25) is 0 Å². The SMILES string of the molecule is CC(C)(C)NCc1cncn1-c1ccc(C(F)(F)F)cc1. The van der Waals surface area contributed by atoms with E-state index in [4.69, 9.17) is 0 Å². The van der Waals surface area contributed by atoms with Crippen LogP contribution >= 0.6 is 0 Å². The Balaban J connectivity index is 2.21. The Bertz CT molecular complexity index is 592. The van der Waals surface area contributed by atoms with Gasteiger partial charge in [0.15, 0.2) is 0 Å². The number of nitrogens with zero attached hydrogens (tertiary/aromatic N) is 2. The van der Waals surface area contributed by atoms with E-state index in [1.54, 1.807) is 17.1 Å². The number of hydrogen-bond acceptors (Lipinski definition) is 2. The maximum Gasteiger partial charge on any atom is 0.416 e. The third kappa shape index (κ3) is 4.07. The molecule has 0 atom stereocenters. The molecule has 0 aliphatic rings. The second-order valence-corrected chi connectivity index (χ2v) is 5.90. The van der Waals surface area contributed by atoms with Crippen LogP contribution in [0.25, 0.3) is 5.69 Å². The van der Waals surface area contributed by atoms with E-state index in [0.29, 0.717) is 12.2 Å². The van der Waals surface area contributed by atoms with E-state index in [2.05, 4.69) is 10.3 Å². The van der Waals surface area contributed by atoms with E-state index in [1.807, 2.05) is 20.8 Å². The monoisotopic (exact) mass is 297 g/mol. The maximum atomic E-state index is 12.6. The van der Waals surface area contributed by atoms with Gasteiger partial charge in [0.1, 0.15) is 0 Å². The summed E-state index contributed by atoms with van der Waals surface area (Å²) in [5, 5.41) is 3.33. The van der Waals surface area contributed by atoms with Crippen LogP contribution in [0, 0.1) is 0 Å². The standard InChI is InChI=1S/C15H18F3N3/c1-14(2,3)20-9-13-8-19-10-21(13)12-6-4-11(5-7-12)15(16,17)18/h4-8,10,20H,9H2,1-3H3.